The Hall–Kier alpha value is -3.17. The molecule has 23 heteroatoms. The minimum Gasteiger partial charge on any atom is -0.465 e. The van der Waals surface area contributed by atoms with Gasteiger partial charge in [-0.25, -0.2) is 0 Å². The van der Waals surface area contributed by atoms with Gasteiger partial charge < -0.3 is 87.5 Å². The molecule has 0 aromatic rings. The number of aliphatic hydroxyl groups is 6. The zero-order chi connectivity index (χ0) is 64.4. The van der Waals surface area contributed by atoms with Gasteiger partial charge in [0.25, 0.3) is 0 Å². The number of esters is 5. The molecule has 10 aliphatic carbocycles. The number of carbonyl (C=O) groups is 5. The van der Waals surface area contributed by atoms with Gasteiger partial charge in [0.1, 0.15) is 0 Å². The Morgan fingerprint density at radius 3 is 0.742 bits per heavy atom. The van der Waals surface area contributed by atoms with Crippen molar-refractivity contribution in [1.29, 1.82) is 0 Å². The van der Waals surface area contributed by atoms with Crippen LogP contribution in [0.1, 0.15) is 193 Å². The summed E-state index contributed by atoms with van der Waals surface area (Å²) >= 11 is 0. The molecule has 15 fully saturated rings. The lowest BCUT2D eigenvalue weighted by Crippen LogP contribution is -2.45. The molecular formula is C70H106O23. The largest absolute Gasteiger partial charge is 0.465 e. The van der Waals surface area contributed by atoms with E-state index in [1.165, 1.54) is 0 Å². The monoisotopic (exact) mass is 1310 g/mol. The zero-order valence-corrected chi connectivity index (χ0v) is 54.2. The van der Waals surface area contributed by atoms with Gasteiger partial charge in [-0.05, 0) is 222 Å². The highest BCUT2D eigenvalue weighted by Gasteiger charge is 2.51. The maximum atomic E-state index is 12.5. The van der Waals surface area contributed by atoms with Crippen molar-refractivity contribution < 1.29 is 111 Å². The quantitative estimate of drug-likeness (QED) is 0.0551. The molecule has 93 heavy (non-hydrogen) atoms. The van der Waals surface area contributed by atoms with Crippen molar-refractivity contribution >= 4 is 29.8 Å². The van der Waals surface area contributed by atoms with E-state index in [0.29, 0.717) is 128 Å². The van der Waals surface area contributed by atoms with Crippen molar-refractivity contribution in [3.05, 3.63) is 0 Å². The standard InChI is InChI=1S/2C28H42O9.C14H22O5/c2*29-19-5-1-16(14-34-28(32)18-4-8-23-26(12-18)37-23)10-24(19)35-21-6-2-15(9-20(21)30)13-33-27(31)17-3-7-22-25(11-17)36-22;15-10-3-1-8(5-11(10)16)7-18-14(17)9-2-4-12-13(6-9)19-12/h2*15-26,29-30H,1-14H2;8-13,15-16H,1-7H2. The Labute approximate surface area is 546 Å². The molecule has 5 aliphatic heterocycles. The number of aliphatic hydroxyl groups excluding tert-OH is 6. The fraction of sp³-hybridized carbons (Fsp3) is 0.929. The van der Waals surface area contributed by atoms with Crippen LogP contribution in [-0.2, 0) is 80.8 Å². The summed E-state index contributed by atoms with van der Waals surface area (Å²) < 4.78 is 67.9. The van der Waals surface area contributed by atoms with Crippen LogP contribution < -0.4 is 0 Å². The summed E-state index contributed by atoms with van der Waals surface area (Å²) in [6.07, 6.45) is 20.7. The zero-order valence-electron chi connectivity index (χ0n) is 54.2. The van der Waals surface area contributed by atoms with Gasteiger partial charge in [-0.1, -0.05) is 0 Å². The fourth-order valence-corrected chi connectivity index (χ4v) is 17.5. The molecule has 0 spiro atoms. The molecule has 30 atom stereocenters. The van der Waals surface area contributed by atoms with Crippen molar-refractivity contribution in [3.63, 3.8) is 0 Å². The lowest BCUT2D eigenvalue weighted by molar-refractivity contribution is -0.165. The predicted octanol–water partition coefficient (Wildman–Crippen LogP) is 5.19. The molecule has 524 valence electrons. The van der Waals surface area contributed by atoms with Crippen LogP contribution in [0.25, 0.3) is 0 Å². The number of carbonyl (C=O) groups excluding carboxylic acids is 5. The second-order valence-corrected chi connectivity index (χ2v) is 31.0. The Morgan fingerprint density at radius 2 is 0.484 bits per heavy atom. The maximum absolute atomic E-state index is 12.5. The van der Waals surface area contributed by atoms with E-state index in [1.807, 2.05) is 0 Å². The molecule has 15 rings (SSSR count). The van der Waals surface area contributed by atoms with Crippen molar-refractivity contribution in [2.24, 2.45) is 59.2 Å². The van der Waals surface area contributed by atoms with Crippen LogP contribution in [0.5, 0.6) is 0 Å². The van der Waals surface area contributed by atoms with Crippen LogP contribution >= 0.6 is 0 Å². The van der Waals surface area contributed by atoms with Gasteiger partial charge in [0.15, 0.2) is 0 Å². The van der Waals surface area contributed by atoms with E-state index in [0.717, 1.165) is 128 Å². The average molecular weight is 1320 g/mol. The molecule has 0 aromatic carbocycles. The first-order chi connectivity index (χ1) is 45.0. The smallest absolute Gasteiger partial charge is 0.309 e. The summed E-state index contributed by atoms with van der Waals surface area (Å²) in [6, 6.07) is 0. The summed E-state index contributed by atoms with van der Waals surface area (Å²) in [7, 11) is 0. The minimum atomic E-state index is -0.673. The highest BCUT2D eigenvalue weighted by Crippen LogP contribution is 2.45. The molecule has 5 saturated heterocycles. The van der Waals surface area contributed by atoms with E-state index in [9.17, 15) is 54.6 Å². The van der Waals surface area contributed by atoms with E-state index < -0.39 is 36.6 Å². The third-order valence-electron chi connectivity index (χ3n) is 24.0. The third kappa shape index (κ3) is 18.6. The number of hydrogen-bond donors (Lipinski definition) is 6. The van der Waals surface area contributed by atoms with Crippen molar-refractivity contribution in [2.45, 2.75) is 315 Å². The topological polar surface area (TPSA) is 334 Å². The lowest BCUT2D eigenvalue weighted by atomic mass is 9.83. The van der Waals surface area contributed by atoms with Crippen LogP contribution in [-0.4, -0.2) is 216 Å². The first-order valence-electron chi connectivity index (χ1n) is 36.5. The molecule has 0 amide bonds. The Morgan fingerprint density at radius 1 is 0.237 bits per heavy atom. The molecule has 6 N–H and O–H groups in total. The van der Waals surface area contributed by atoms with Gasteiger partial charge in [0.05, 0.1) is 185 Å². The Kier molecular flexibility index (Phi) is 22.7. The van der Waals surface area contributed by atoms with Crippen LogP contribution in [0.2, 0.25) is 0 Å². The number of fused-ring (bicyclic) bond motifs is 5. The van der Waals surface area contributed by atoms with E-state index in [1.54, 1.807) is 0 Å². The second-order valence-electron chi connectivity index (χ2n) is 31.0. The van der Waals surface area contributed by atoms with E-state index in [-0.39, 0.29) is 144 Å². The first-order valence-corrected chi connectivity index (χ1v) is 36.5. The minimum absolute atomic E-state index is 0.0112. The van der Waals surface area contributed by atoms with E-state index in [4.69, 9.17) is 56.8 Å². The molecule has 30 unspecified atom stereocenters. The van der Waals surface area contributed by atoms with Gasteiger partial charge >= 0.3 is 29.8 Å². The number of rotatable bonds is 19. The maximum Gasteiger partial charge on any atom is 0.309 e. The second kappa shape index (κ2) is 30.9. The highest BCUT2D eigenvalue weighted by atomic mass is 16.6. The Balaban J connectivity index is 0.000000134. The summed E-state index contributed by atoms with van der Waals surface area (Å²) in [6.45, 7) is 1.75. The summed E-state index contributed by atoms with van der Waals surface area (Å²) in [5.74, 6) is -0.169. The van der Waals surface area contributed by atoms with Crippen LogP contribution in [0, 0.1) is 59.2 Å². The predicted molar refractivity (Wildman–Crippen MR) is 325 cm³/mol. The molecular weight excluding hydrogens is 1210 g/mol. The molecule has 23 nitrogen and oxygen atoms in total. The van der Waals surface area contributed by atoms with Crippen LogP contribution in [0.15, 0.2) is 0 Å². The van der Waals surface area contributed by atoms with Crippen LogP contribution in [0.3, 0.4) is 0 Å². The highest BCUT2D eigenvalue weighted by molar-refractivity contribution is 5.74. The first kappa shape index (κ1) is 68.4. The van der Waals surface area contributed by atoms with Gasteiger partial charge in [-0.15, -0.1) is 0 Å². The van der Waals surface area contributed by atoms with Gasteiger partial charge in [-0.3, -0.25) is 24.0 Å². The van der Waals surface area contributed by atoms with Gasteiger partial charge in [-0.2, -0.15) is 0 Å². The summed E-state index contributed by atoms with van der Waals surface area (Å²) in [4.78, 5) is 61.9. The summed E-state index contributed by atoms with van der Waals surface area (Å²) in [5, 5.41) is 61.7. The van der Waals surface area contributed by atoms with Crippen LogP contribution in [0.4, 0.5) is 0 Å². The molecule has 0 radical (unpaired) electrons. The van der Waals surface area contributed by atoms with E-state index >= 15 is 0 Å². The number of hydrogen-bond acceptors (Lipinski definition) is 23. The van der Waals surface area contributed by atoms with Gasteiger partial charge in [0.2, 0.25) is 0 Å². The molecule has 10 saturated carbocycles. The Bertz CT molecular complexity index is 2390. The fourth-order valence-electron chi connectivity index (χ4n) is 17.5. The SMILES string of the molecule is O=C(OCC1CCC(O)C(O)C1)C1CCC2OC2C1.O=C(OCC1CCC(OC2CC(COC(=O)C3CCC4OC4C3)CCC2O)C(O)C1)C1CCC2OC2C1.O=C(OCC1CCC(OC2CC(COC(=O)C3CCC4OC4C3)CCC2O)C(O)C1)C1CCC2OC2C1. The lowest BCUT2D eigenvalue weighted by Gasteiger charge is -2.39. The number of ether oxygens (including phenoxy) is 12. The average Bonchev–Trinajstić information content (AvgIpc) is 1.85. The molecule has 5 heterocycles. The van der Waals surface area contributed by atoms with E-state index in [2.05, 4.69) is 0 Å². The van der Waals surface area contributed by atoms with Crippen molar-refractivity contribution in [3.8, 4) is 0 Å². The third-order valence-corrected chi connectivity index (χ3v) is 24.0. The normalized spacial score (nSPS) is 46.5. The molecule has 0 bridgehead atoms. The summed E-state index contributed by atoms with van der Waals surface area (Å²) in [5.41, 5.74) is 0. The van der Waals surface area contributed by atoms with Crippen molar-refractivity contribution in [1.82, 2.24) is 0 Å². The molecule has 0 aromatic heterocycles. The van der Waals surface area contributed by atoms with Gasteiger partial charge in [0, 0.05) is 0 Å². The number of epoxide rings is 5. The molecule has 15 aliphatic rings. The van der Waals surface area contributed by atoms with Crippen molar-refractivity contribution in [2.75, 3.05) is 33.0 Å².